The SMILES string of the molecule is Cc1ccc(S(=O)(=O)N(C)NC(=O)/C=C/c2ccccc2)cc1. The molecule has 2 rings (SSSR count). The predicted octanol–water partition coefficient (Wildman–Crippen LogP) is 2.36. The maximum atomic E-state index is 12.3. The lowest BCUT2D eigenvalue weighted by atomic mass is 10.2. The van der Waals surface area contributed by atoms with Gasteiger partial charge in [0.25, 0.3) is 15.9 Å². The van der Waals surface area contributed by atoms with E-state index in [0.717, 1.165) is 15.5 Å². The van der Waals surface area contributed by atoms with Crippen LogP contribution in [0.5, 0.6) is 0 Å². The third kappa shape index (κ3) is 4.51. The molecular formula is C17H18N2O3S. The molecule has 0 aliphatic heterocycles. The van der Waals surface area contributed by atoms with E-state index in [-0.39, 0.29) is 4.90 Å². The summed E-state index contributed by atoms with van der Waals surface area (Å²) in [7, 11) is -2.47. The standard InChI is InChI=1S/C17H18N2O3S/c1-14-8-11-16(12-9-14)23(21,22)19(2)18-17(20)13-10-15-6-4-3-5-7-15/h3-13H,1-2H3,(H,18,20)/b13-10+. The molecule has 0 unspecified atom stereocenters. The Morgan fingerprint density at radius 2 is 1.65 bits per heavy atom. The molecule has 0 aliphatic carbocycles. The Balaban J connectivity index is 2.05. The van der Waals surface area contributed by atoms with E-state index in [9.17, 15) is 13.2 Å². The average Bonchev–Trinajstić information content (AvgIpc) is 2.54. The van der Waals surface area contributed by atoms with Gasteiger partial charge in [0.05, 0.1) is 4.90 Å². The number of benzene rings is 2. The summed E-state index contributed by atoms with van der Waals surface area (Å²) in [5.74, 6) is -0.521. The molecule has 0 saturated heterocycles. The fourth-order valence-corrected chi connectivity index (χ4v) is 2.86. The molecule has 0 radical (unpaired) electrons. The Morgan fingerprint density at radius 1 is 1.04 bits per heavy atom. The molecule has 0 spiro atoms. The lowest BCUT2D eigenvalue weighted by Gasteiger charge is -2.17. The normalized spacial score (nSPS) is 11.8. The van der Waals surface area contributed by atoms with Crippen molar-refractivity contribution in [2.24, 2.45) is 0 Å². The molecular weight excluding hydrogens is 312 g/mol. The summed E-state index contributed by atoms with van der Waals surface area (Å²) in [5.41, 5.74) is 4.14. The first-order valence-corrected chi connectivity index (χ1v) is 8.43. The van der Waals surface area contributed by atoms with Crippen molar-refractivity contribution < 1.29 is 13.2 Å². The van der Waals surface area contributed by atoms with Crippen LogP contribution in [0.15, 0.2) is 65.6 Å². The van der Waals surface area contributed by atoms with Crippen LogP contribution in [-0.2, 0) is 14.8 Å². The maximum Gasteiger partial charge on any atom is 0.259 e. The molecule has 6 heteroatoms. The molecule has 5 nitrogen and oxygen atoms in total. The minimum Gasteiger partial charge on any atom is -0.272 e. The molecule has 0 saturated carbocycles. The molecule has 23 heavy (non-hydrogen) atoms. The number of sulfonamides is 1. The topological polar surface area (TPSA) is 66.5 Å². The summed E-state index contributed by atoms with van der Waals surface area (Å²) in [4.78, 5) is 12.0. The Hall–Kier alpha value is -2.44. The zero-order valence-corrected chi connectivity index (χ0v) is 13.7. The second kappa shape index (κ2) is 7.21. The van der Waals surface area contributed by atoms with Crippen LogP contribution in [0.3, 0.4) is 0 Å². The predicted molar refractivity (Wildman–Crippen MR) is 89.7 cm³/mol. The van der Waals surface area contributed by atoms with Gasteiger partial charge in [0, 0.05) is 13.1 Å². The van der Waals surface area contributed by atoms with Crippen LogP contribution in [0.4, 0.5) is 0 Å². The highest BCUT2D eigenvalue weighted by Gasteiger charge is 2.21. The smallest absolute Gasteiger partial charge is 0.259 e. The fraction of sp³-hybridized carbons (Fsp3) is 0.118. The number of amides is 1. The third-order valence-corrected chi connectivity index (χ3v) is 4.85. The van der Waals surface area contributed by atoms with Gasteiger partial charge in [-0.25, -0.2) is 8.42 Å². The maximum absolute atomic E-state index is 12.3. The molecule has 0 fully saturated rings. The molecule has 0 atom stereocenters. The summed E-state index contributed by atoms with van der Waals surface area (Å²) < 4.78 is 25.5. The van der Waals surface area contributed by atoms with Crippen LogP contribution in [-0.4, -0.2) is 25.8 Å². The molecule has 120 valence electrons. The number of hydrogen-bond donors (Lipinski definition) is 1. The molecule has 1 amide bonds. The molecule has 0 bridgehead atoms. The van der Waals surface area contributed by atoms with Gasteiger partial charge in [-0.2, -0.15) is 0 Å². The van der Waals surface area contributed by atoms with Crippen molar-refractivity contribution >= 4 is 22.0 Å². The third-order valence-electron chi connectivity index (χ3n) is 3.17. The highest BCUT2D eigenvalue weighted by Crippen LogP contribution is 2.13. The van der Waals surface area contributed by atoms with E-state index < -0.39 is 15.9 Å². The van der Waals surface area contributed by atoms with E-state index in [1.807, 2.05) is 37.3 Å². The van der Waals surface area contributed by atoms with Gasteiger partial charge in [0.2, 0.25) is 0 Å². The number of hydrogen-bond acceptors (Lipinski definition) is 3. The van der Waals surface area contributed by atoms with Gasteiger partial charge in [-0.3, -0.25) is 10.2 Å². The summed E-state index contributed by atoms with van der Waals surface area (Å²) in [6.45, 7) is 1.87. The van der Waals surface area contributed by atoms with Crippen molar-refractivity contribution in [3.8, 4) is 0 Å². The van der Waals surface area contributed by atoms with Crippen LogP contribution in [0.25, 0.3) is 6.08 Å². The number of carbonyl (C=O) groups excluding carboxylic acids is 1. The lowest BCUT2D eigenvalue weighted by molar-refractivity contribution is -0.118. The molecule has 2 aromatic rings. The van der Waals surface area contributed by atoms with Gasteiger partial charge < -0.3 is 0 Å². The lowest BCUT2D eigenvalue weighted by Crippen LogP contribution is -2.42. The Kier molecular flexibility index (Phi) is 5.31. The van der Waals surface area contributed by atoms with Gasteiger partial charge in [-0.1, -0.05) is 48.0 Å². The molecule has 0 aliphatic rings. The molecule has 1 N–H and O–H groups in total. The first kappa shape index (κ1) is 16.9. The van der Waals surface area contributed by atoms with Crippen LogP contribution >= 0.6 is 0 Å². The average molecular weight is 330 g/mol. The van der Waals surface area contributed by atoms with Crippen molar-refractivity contribution in [3.63, 3.8) is 0 Å². The van der Waals surface area contributed by atoms with E-state index in [1.54, 1.807) is 18.2 Å². The van der Waals surface area contributed by atoms with Crippen molar-refractivity contribution in [2.45, 2.75) is 11.8 Å². The second-order valence-electron chi connectivity index (χ2n) is 5.01. The molecule has 0 aromatic heterocycles. The Labute approximate surface area is 136 Å². The summed E-state index contributed by atoms with van der Waals surface area (Å²) in [6.07, 6.45) is 2.90. The first-order valence-electron chi connectivity index (χ1n) is 6.99. The Bertz CT molecular complexity index is 797. The van der Waals surface area contributed by atoms with E-state index in [0.29, 0.717) is 0 Å². The number of nitrogens with zero attached hydrogens (tertiary/aromatic N) is 1. The summed E-state index contributed by atoms with van der Waals surface area (Å²) in [5, 5.41) is 0. The second-order valence-corrected chi connectivity index (χ2v) is 6.97. The van der Waals surface area contributed by atoms with Crippen LogP contribution in [0.1, 0.15) is 11.1 Å². The number of rotatable bonds is 5. The Morgan fingerprint density at radius 3 is 2.26 bits per heavy atom. The largest absolute Gasteiger partial charge is 0.272 e. The fourth-order valence-electron chi connectivity index (χ4n) is 1.86. The monoisotopic (exact) mass is 330 g/mol. The number of nitrogens with one attached hydrogen (secondary N) is 1. The molecule has 0 heterocycles. The van der Waals surface area contributed by atoms with Crippen molar-refractivity contribution in [1.29, 1.82) is 0 Å². The number of hydrazine groups is 1. The highest BCUT2D eigenvalue weighted by molar-refractivity contribution is 7.89. The van der Waals surface area contributed by atoms with E-state index >= 15 is 0 Å². The van der Waals surface area contributed by atoms with Crippen LogP contribution in [0.2, 0.25) is 0 Å². The first-order chi connectivity index (χ1) is 10.9. The van der Waals surface area contributed by atoms with Crippen molar-refractivity contribution in [3.05, 3.63) is 71.8 Å². The van der Waals surface area contributed by atoms with E-state index in [2.05, 4.69) is 5.43 Å². The highest BCUT2D eigenvalue weighted by atomic mass is 32.2. The van der Waals surface area contributed by atoms with E-state index in [1.165, 1.54) is 25.3 Å². The van der Waals surface area contributed by atoms with Crippen LogP contribution < -0.4 is 5.43 Å². The van der Waals surface area contributed by atoms with Crippen molar-refractivity contribution in [2.75, 3.05) is 7.05 Å². The number of aryl methyl sites for hydroxylation is 1. The van der Waals surface area contributed by atoms with Gasteiger partial charge in [0.15, 0.2) is 0 Å². The van der Waals surface area contributed by atoms with Gasteiger partial charge in [0.1, 0.15) is 0 Å². The van der Waals surface area contributed by atoms with Crippen LogP contribution in [0, 0.1) is 6.92 Å². The van der Waals surface area contributed by atoms with Gasteiger partial charge in [-0.05, 0) is 30.7 Å². The minimum atomic E-state index is -3.77. The zero-order valence-electron chi connectivity index (χ0n) is 12.9. The quantitative estimate of drug-likeness (QED) is 0.676. The number of carbonyl (C=O) groups is 1. The van der Waals surface area contributed by atoms with E-state index in [4.69, 9.17) is 0 Å². The van der Waals surface area contributed by atoms with Crippen molar-refractivity contribution in [1.82, 2.24) is 9.84 Å². The summed E-state index contributed by atoms with van der Waals surface area (Å²) >= 11 is 0. The summed E-state index contributed by atoms with van der Waals surface area (Å²) in [6, 6.07) is 15.7. The zero-order chi connectivity index (χ0) is 16.9. The van der Waals surface area contributed by atoms with Gasteiger partial charge >= 0.3 is 0 Å². The van der Waals surface area contributed by atoms with Gasteiger partial charge in [-0.15, -0.1) is 4.41 Å². The molecule has 2 aromatic carbocycles. The minimum absolute atomic E-state index is 0.123.